The highest BCUT2D eigenvalue weighted by Crippen LogP contribution is 2.49. The van der Waals surface area contributed by atoms with E-state index in [9.17, 15) is 14.5 Å². The van der Waals surface area contributed by atoms with Crippen LogP contribution in [0.1, 0.15) is 6.04 Å². The highest BCUT2D eigenvalue weighted by Gasteiger charge is 2.48. The molecule has 0 amide bonds. The number of nitrogens with two attached hydrogens (primary N) is 1. The van der Waals surface area contributed by atoms with E-state index >= 15 is 4.39 Å². The normalized spacial score (nSPS) is 23.9. The van der Waals surface area contributed by atoms with Crippen LogP contribution in [0.15, 0.2) is 67.8 Å². The molecule has 4 N–H and O–H groups in total. The maximum atomic E-state index is 15.4. The first-order valence-electron chi connectivity index (χ1n) is 11.1. The van der Waals surface area contributed by atoms with Crippen molar-refractivity contribution in [2.75, 3.05) is 19.5 Å². The molecule has 0 radical (unpaired) electrons. The van der Waals surface area contributed by atoms with Gasteiger partial charge in [0.1, 0.15) is 23.6 Å². The SMILES string of the molecule is C=C[C@@H](NP(=O)(OCC1C(=C)C(n2cnc3c(N)ncnc32)C(F)C1O)Oc1ccccc1)C(=O)OC. The van der Waals surface area contributed by atoms with Gasteiger partial charge in [0.2, 0.25) is 0 Å². The van der Waals surface area contributed by atoms with Crippen LogP contribution < -0.4 is 15.3 Å². The number of para-hydroxylation sites is 1. The molecule has 3 aromatic rings. The van der Waals surface area contributed by atoms with Crippen LogP contribution in [0, 0.1) is 5.92 Å². The molecule has 0 saturated heterocycles. The lowest BCUT2D eigenvalue weighted by atomic mass is 10.0. The lowest BCUT2D eigenvalue weighted by molar-refractivity contribution is -0.141. The zero-order valence-electron chi connectivity index (χ0n) is 19.8. The quantitative estimate of drug-likeness (QED) is 0.199. The summed E-state index contributed by atoms with van der Waals surface area (Å²) in [6, 6.07) is 5.81. The average molecular weight is 532 g/mol. The minimum atomic E-state index is -4.28. The van der Waals surface area contributed by atoms with E-state index < -0.39 is 50.6 Å². The Bertz CT molecular complexity index is 1350. The second-order valence-corrected chi connectivity index (χ2v) is 9.90. The molecular formula is C23H26FN6O6P. The molecule has 2 heterocycles. The summed E-state index contributed by atoms with van der Waals surface area (Å²) in [4.78, 5) is 24.2. The van der Waals surface area contributed by atoms with Gasteiger partial charge in [-0.25, -0.2) is 23.9 Å². The third-order valence-corrected chi connectivity index (χ3v) is 7.50. The number of anilines is 1. The van der Waals surface area contributed by atoms with Crippen molar-refractivity contribution in [2.45, 2.75) is 24.4 Å². The molecule has 0 bridgehead atoms. The van der Waals surface area contributed by atoms with E-state index in [1.807, 2.05) is 0 Å². The first-order valence-corrected chi connectivity index (χ1v) is 12.6. The van der Waals surface area contributed by atoms with Crippen molar-refractivity contribution in [2.24, 2.45) is 5.92 Å². The maximum absolute atomic E-state index is 15.4. The summed E-state index contributed by atoms with van der Waals surface area (Å²) < 4.78 is 46.3. The first-order chi connectivity index (χ1) is 17.7. The largest absolute Gasteiger partial charge is 0.468 e. The van der Waals surface area contributed by atoms with E-state index in [-0.39, 0.29) is 28.3 Å². The van der Waals surface area contributed by atoms with Gasteiger partial charge in [0.25, 0.3) is 0 Å². The summed E-state index contributed by atoms with van der Waals surface area (Å²) in [6.07, 6.45) is 0.357. The number of nitrogen functional groups attached to an aromatic ring is 1. The number of carbonyl (C=O) groups is 1. The number of hydrogen-bond acceptors (Lipinski definition) is 10. The van der Waals surface area contributed by atoms with Crippen molar-refractivity contribution in [3.05, 3.63) is 67.8 Å². The number of aliphatic hydroxyl groups excluding tert-OH is 1. The molecule has 2 aromatic heterocycles. The van der Waals surface area contributed by atoms with E-state index in [1.54, 1.807) is 18.2 Å². The van der Waals surface area contributed by atoms with Crippen molar-refractivity contribution in [1.82, 2.24) is 24.6 Å². The Balaban J connectivity index is 1.58. The molecule has 4 rings (SSSR count). The van der Waals surface area contributed by atoms with Crippen LogP contribution in [0.5, 0.6) is 5.75 Å². The zero-order chi connectivity index (χ0) is 26.7. The van der Waals surface area contributed by atoms with Gasteiger partial charge in [0.05, 0.1) is 32.2 Å². The molecule has 0 spiro atoms. The topological polar surface area (TPSA) is 164 Å². The van der Waals surface area contributed by atoms with Crippen LogP contribution >= 0.6 is 7.75 Å². The molecule has 1 aliphatic rings. The van der Waals surface area contributed by atoms with Crippen molar-refractivity contribution < 1.29 is 32.6 Å². The van der Waals surface area contributed by atoms with Crippen molar-refractivity contribution in [3.63, 3.8) is 0 Å². The van der Waals surface area contributed by atoms with Gasteiger partial charge in [-0.2, -0.15) is 5.09 Å². The van der Waals surface area contributed by atoms with Gasteiger partial charge >= 0.3 is 13.7 Å². The minimum Gasteiger partial charge on any atom is -0.468 e. The molecule has 5 unspecified atom stereocenters. The van der Waals surface area contributed by atoms with Gasteiger partial charge in [-0.1, -0.05) is 30.9 Å². The number of halogens is 1. The maximum Gasteiger partial charge on any atom is 0.459 e. The smallest absolute Gasteiger partial charge is 0.459 e. The molecular weight excluding hydrogens is 506 g/mol. The standard InChI is InChI=1S/C23H26FN6O6P/c1-4-16(23(32)34-3)29-37(33,36-14-8-6-5-7-9-14)35-10-15-13(2)19(17(24)20(15)31)30-12-28-18-21(25)26-11-27-22(18)30/h4-9,11-12,15-17,19-20,31H,1-2,10H2,3H3,(H,29,33)(H2,25,26,27)/t15?,16-,17?,19?,20?,37?/m1/s1. The van der Waals surface area contributed by atoms with Crippen LogP contribution in [0.2, 0.25) is 0 Å². The van der Waals surface area contributed by atoms with Crippen molar-refractivity contribution in [1.29, 1.82) is 0 Å². The number of fused-ring (bicyclic) bond motifs is 1. The van der Waals surface area contributed by atoms with E-state index in [1.165, 1.54) is 35.4 Å². The minimum absolute atomic E-state index is 0.121. The number of hydrogen-bond donors (Lipinski definition) is 3. The predicted molar refractivity (Wildman–Crippen MR) is 132 cm³/mol. The van der Waals surface area contributed by atoms with Gasteiger partial charge in [-0.15, -0.1) is 6.58 Å². The van der Waals surface area contributed by atoms with Crippen LogP contribution in [-0.4, -0.2) is 62.6 Å². The van der Waals surface area contributed by atoms with Gasteiger partial charge in [0.15, 0.2) is 17.6 Å². The summed E-state index contributed by atoms with van der Waals surface area (Å²) in [5.74, 6) is -1.47. The lowest BCUT2D eigenvalue weighted by Crippen LogP contribution is -2.36. The Labute approximate surface area is 211 Å². The molecule has 1 aromatic carbocycles. The Hall–Kier alpha value is -3.64. The van der Waals surface area contributed by atoms with Crippen molar-refractivity contribution >= 4 is 30.7 Å². The number of nitrogens with one attached hydrogen (secondary N) is 1. The monoisotopic (exact) mass is 532 g/mol. The Kier molecular flexibility index (Phi) is 7.69. The number of ether oxygens (including phenoxy) is 1. The number of rotatable bonds is 10. The number of imidazole rings is 1. The van der Waals surface area contributed by atoms with Crippen LogP contribution in [0.25, 0.3) is 11.2 Å². The molecule has 0 aliphatic heterocycles. The van der Waals surface area contributed by atoms with E-state index in [4.69, 9.17) is 14.8 Å². The molecule has 1 aliphatic carbocycles. The summed E-state index contributed by atoms with van der Waals surface area (Å²) >= 11 is 0. The average Bonchev–Trinajstić information content (AvgIpc) is 3.40. The Morgan fingerprint density at radius 3 is 2.76 bits per heavy atom. The third kappa shape index (κ3) is 5.25. The summed E-state index contributed by atoms with van der Waals surface area (Å²) in [7, 11) is -3.13. The molecule has 196 valence electrons. The fourth-order valence-corrected chi connectivity index (χ4v) is 5.54. The molecule has 1 saturated carbocycles. The van der Waals surface area contributed by atoms with Gasteiger partial charge < -0.3 is 24.7 Å². The molecule has 1 fully saturated rings. The van der Waals surface area contributed by atoms with Gasteiger partial charge in [-0.05, 0) is 17.7 Å². The highest BCUT2D eigenvalue weighted by molar-refractivity contribution is 7.52. The molecule has 37 heavy (non-hydrogen) atoms. The molecule has 14 heteroatoms. The number of benzene rings is 1. The van der Waals surface area contributed by atoms with Crippen LogP contribution in [-0.2, 0) is 18.6 Å². The second kappa shape index (κ2) is 10.8. The second-order valence-electron chi connectivity index (χ2n) is 8.21. The zero-order valence-corrected chi connectivity index (χ0v) is 20.7. The Morgan fingerprint density at radius 2 is 2.08 bits per heavy atom. The number of nitrogens with zero attached hydrogens (tertiary/aromatic N) is 4. The first kappa shape index (κ1) is 26.4. The van der Waals surface area contributed by atoms with E-state index in [0.29, 0.717) is 0 Å². The van der Waals surface area contributed by atoms with Crippen LogP contribution in [0.3, 0.4) is 0 Å². The van der Waals surface area contributed by atoms with E-state index in [2.05, 4.69) is 37.9 Å². The third-order valence-electron chi connectivity index (χ3n) is 5.96. The number of aliphatic hydroxyl groups is 1. The Morgan fingerprint density at radius 1 is 1.35 bits per heavy atom. The van der Waals surface area contributed by atoms with Gasteiger partial charge in [0, 0.05) is 5.92 Å². The summed E-state index contributed by atoms with van der Waals surface area (Å²) in [5.41, 5.74) is 6.62. The number of alkyl halides is 1. The van der Waals surface area contributed by atoms with E-state index in [0.717, 1.165) is 7.11 Å². The number of esters is 1. The number of methoxy groups -OCH3 is 1. The predicted octanol–water partition coefficient (Wildman–Crippen LogP) is 2.36. The highest BCUT2D eigenvalue weighted by atomic mass is 31.2. The molecule has 12 nitrogen and oxygen atoms in total. The number of carbonyl (C=O) groups excluding carboxylic acids is 1. The van der Waals surface area contributed by atoms with Crippen molar-refractivity contribution in [3.8, 4) is 5.75 Å². The lowest BCUT2D eigenvalue weighted by Gasteiger charge is -2.25. The summed E-state index contributed by atoms with van der Waals surface area (Å²) in [6.45, 7) is 7.04. The van der Waals surface area contributed by atoms with Crippen LogP contribution in [0.4, 0.5) is 10.2 Å². The summed E-state index contributed by atoms with van der Waals surface area (Å²) in [5, 5.41) is 13.2. The molecule has 6 atom stereocenters. The fraction of sp³-hybridized carbons (Fsp3) is 0.304. The number of aromatic nitrogens is 4. The van der Waals surface area contributed by atoms with Gasteiger partial charge in [-0.3, -0.25) is 9.32 Å². The fourth-order valence-electron chi connectivity index (χ4n) is 4.05.